The quantitative estimate of drug-likeness (QED) is 0.634. The van der Waals surface area contributed by atoms with Gasteiger partial charge in [0, 0.05) is 29.4 Å². The molecule has 0 fully saturated rings. The van der Waals surface area contributed by atoms with Gasteiger partial charge in [-0.25, -0.2) is 0 Å². The van der Waals surface area contributed by atoms with E-state index < -0.39 is 0 Å². The van der Waals surface area contributed by atoms with Crippen LogP contribution in [0, 0.1) is 0 Å². The Morgan fingerprint density at radius 2 is 2.20 bits per heavy atom. The largest absolute Gasteiger partial charge is 0.494 e. The van der Waals surface area contributed by atoms with Crippen LogP contribution in [0.2, 0.25) is 0 Å². The predicted molar refractivity (Wildman–Crippen MR) is 98.8 cm³/mol. The number of H-pyrrole nitrogens is 1. The molecule has 5 nitrogen and oxygen atoms in total. The molecule has 0 radical (unpaired) electrons. The van der Waals surface area contributed by atoms with Crippen molar-refractivity contribution < 1.29 is 9.53 Å². The number of amides is 1. The normalized spacial score (nSPS) is 12.1. The van der Waals surface area contributed by atoms with E-state index in [0.717, 1.165) is 35.1 Å². The Balaban J connectivity index is 1.71. The smallest absolute Gasteiger partial charge is 0.268 e. The summed E-state index contributed by atoms with van der Waals surface area (Å²) in [6.07, 6.45) is 5.61. The highest BCUT2D eigenvalue weighted by Gasteiger charge is 2.14. The molecule has 3 aromatic rings. The first-order valence-electron chi connectivity index (χ1n) is 8.63. The van der Waals surface area contributed by atoms with Crippen molar-refractivity contribution in [2.75, 3.05) is 6.61 Å². The van der Waals surface area contributed by atoms with Crippen LogP contribution in [0.3, 0.4) is 0 Å². The molecule has 3 rings (SSSR count). The topological polar surface area (TPSA) is 67.0 Å². The lowest BCUT2D eigenvalue weighted by molar-refractivity contribution is 0.0935. The van der Waals surface area contributed by atoms with E-state index in [-0.39, 0.29) is 11.9 Å². The Morgan fingerprint density at radius 1 is 1.32 bits per heavy atom. The molecule has 2 heterocycles. The van der Waals surface area contributed by atoms with Crippen LogP contribution in [-0.2, 0) is 0 Å². The van der Waals surface area contributed by atoms with Gasteiger partial charge in [-0.3, -0.25) is 9.78 Å². The molecule has 2 aromatic heterocycles. The molecular formula is C20H23N3O2. The van der Waals surface area contributed by atoms with E-state index >= 15 is 0 Å². The van der Waals surface area contributed by atoms with E-state index in [1.165, 1.54) is 0 Å². The number of carbonyl (C=O) groups is 1. The molecule has 0 saturated carbocycles. The summed E-state index contributed by atoms with van der Waals surface area (Å²) < 4.78 is 5.72. The highest BCUT2D eigenvalue weighted by molar-refractivity contribution is 5.98. The van der Waals surface area contributed by atoms with Crippen molar-refractivity contribution in [2.45, 2.75) is 32.7 Å². The average molecular weight is 337 g/mol. The second-order valence-corrected chi connectivity index (χ2v) is 6.12. The molecule has 25 heavy (non-hydrogen) atoms. The van der Waals surface area contributed by atoms with E-state index in [2.05, 4.69) is 22.2 Å². The van der Waals surface area contributed by atoms with Crippen LogP contribution in [0.15, 0.2) is 48.8 Å². The zero-order chi connectivity index (χ0) is 17.6. The third kappa shape index (κ3) is 4.18. The number of aromatic amines is 1. The molecule has 130 valence electrons. The van der Waals surface area contributed by atoms with Crippen LogP contribution in [0.1, 0.15) is 48.8 Å². The molecule has 1 amide bonds. The zero-order valence-electron chi connectivity index (χ0n) is 14.6. The average Bonchev–Trinajstić information content (AvgIpc) is 3.06. The number of pyridine rings is 1. The highest BCUT2D eigenvalue weighted by Crippen LogP contribution is 2.22. The van der Waals surface area contributed by atoms with E-state index in [1.807, 2.05) is 43.3 Å². The summed E-state index contributed by atoms with van der Waals surface area (Å²) in [5.74, 6) is 0.680. The highest BCUT2D eigenvalue weighted by atomic mass is 16.5. The number of aromatic nitrogens is 2. The maximum absolute atomic E-state index is 12.5. The summed E-state index contributed by atoms with van der Waals surface area (Å²) in [7, 11) is 0. The molecule has 0 aliphatic rings. The Kier molecular flexibility index (Phi) is 5.33. The Morgan fingerprint density at radius 3 is 2.96 bits per heavy atom. The van der Waals surface area contributed by atoms with E-state index in [4.69, 9.17) is 4.74 Å². The van der Waals surface area contributed by atoms with Gasteiger partial charge in [-0.1, -0.05) is 19.4 Å². The zero-order valence-corrected chi connectivity index (χ0v) is 14.6. The number of rotatable bonds is 7. The minimum absolute atomic E-state index is 0.111. The monoisotopic (exact) mass is 337 g/mol. The van der Waals surface area contributed by atoms with E-state index in [0.29, 0.717) is 12.3 Å². The SMILES string of the molecule is CCCCOc1ccc2cc(C(=O)NC(C)c3cccnc3)[nH]c2c1. The summed E-state index contributed by atoms with van der Waals surface area (Å²) in [5, 5.41) is 3.98. The number of benzene rings is 1. The summed E-state index contributed by atoms with van der Waals surface area (Å²) in [5.41, 5.74) is 2.41. The van der Waals surface area contributed by atoms with Gasteiger partial charge in [0.25, 0.3) is 5.91 Å². The lowest BCUT2D eigenvalue weighted by atomic mass is 10.1. The first-order valence-corrected chi connectivity index (χ1v) is 8.63. The van der Waals surface area contributed by atoms with Gasteiger partial charge in [-0.05, 0) is 43.2 Å². The molecule has 5 heteroatoms. The van der Waals surface area contributed by atoms with Crippen molar-refractivity contribution in [3.63, 3.8) is 0 Å². The maximum atomic E-state index is 12.5. The van der Waals surface area contributed by atoms with Crippen LogP contribution < -0.4 is 10.1 Å². The number of nitrogens with one attached hydrogen (secondary N) is 2. The fourth-order valence-electron chi connectivity index (χ4n) is 2.64. The summed E-state index contributed by atoms with van der Waals surface area (Å²) in [4.78, 5) is 19.8. The lowest BCUT2D eigenvalue weighted by Crippen LogP contribution is -2.26. The Hall–Kier alpha value is -2.82. The molecule has 0 spiro atoms. The lowest BCUT2D eigenvalue weighted by Gasteiger charge is -2.12. The fourth-order valence-corrected chi connectivity index (χ4v) is 2.64. The van der Waals surface area contributed by atoms with Crippen molar-refractivity contribution in [1.82, 2.24) is 15.3 Å². The number of carbonyl (C=O) groups excluding carboxylic acids is 1. The summed E-state index contributed by atoms with van der Waals surface area (Å²) >= 11 is 0. The second kappa shape index (κ2) is 7.83. The minimum atomic E-state index is -0.138. The molecule has 1 aromatic carbocycles. The Bertz CT molecular complexity index is 843. The van der Waals surface area contributed by atoms with Crippen LogP contribution >= 0.6 is 0 Å². The third-order valence-electron chi connectivity index (χ3n) is 4.14. The van der Waals surface area contributed by atoms with Crippen molar-refractivity contribution in [3.8, 4) is 5.75 Å². The van der Waals surface area contributed by atoms with Gasteiger partial charge in [0.1, 0.15) is 11.4 Å². The number of hydrogen-bond acceptors (Lipinski definition) is 3. The van der Waals surface area contributed by atoms with Gasteiger partial charge in [0.2, 0.25) is 0 Å². The number of nitrogens with zero attached hydrogens (tertiary/aromatic N) is 1. The molecule has 1 unspecified atom stereocenters. The van der Waals surface area contributed by atoms with Crippen LogP contribution in [-0.4, -0.2) is 22.5 Å². The molecule has 1 atom stereocenters. The van der Waals surface area contributed by atoms with Crippen LogP contribution in [0.4, 0.5) is 0 Å². The molecule has 0 aliphatic heterocycles. The number of hydrogen-bond donors (Lipinski definition) is 2. The molecule has 2 N–H and O–H groups in total. The second-order valence-electron chi connectivity index (χ2n) is 6.12. The fraction of sp³-hybridized carbons (Fsp3) is 0.300. The van der Waals surface area contributed by atoms with Gasteiger partial charge < -0.3 is 15.0 Å². The molecule has 0 bridgehead atoms. The van der Waals surface area contributed by atoms with Crippen molar-refractivity contribution in [1.29, 1.82) is 0 Å². The van der Waals surface area contributed by atoms with E-state index in [1.54, 1.807) is 12.4 Å². The van der Waals surface area contributed by atoms with Gasteiger partial charge in [-0.15, -0.1) is 0 Å². The maximum Gasteiger partial charge on any atom is 0.268 e. The van der Waals surface area contributed by atoms with Crippen molar-refractivity contribution in [3.05, 3.63) is 60.0 Å². The van der Waals surface area contributed by atoms with Crippen molar-refractivity contribution in [2.24, 2.45) is 0 Å². The van der Waals surface area contributed by atoms with Crippen LogP contribution in [0.5, 0.6) is 5.75 Å². The number of ether oxygens (including phenoxy) is 1. The minimum Gasteiger partial charge on any atom is -0.494 e. The number of unbranched alkanes of at least 4 members (excludes halogenated alkanes) is 1. The van der Waals surface area contributed by atoms with Crippen molar-refractivity contribution >= 4 is 16.8 Å². The first kappa shape index (κ1) is 17.0. The number of fused-ring (bicyclic) bond motifs is 1. The van der Waals surface area contributed by atoms with Crippen LogP contribution in [0.25, 0.3) is 10.9 Å². The van der Waals surface area contributed by atoms with Gasteiger partial charge >= 0.3 is 0 Å². The molecular weight excluding hydrogens is 314 g/mol. The standard InChI is InChI=1S/C20H23N3O2/c1-3-4-10-25-17-8-7-15-11-19(23-18(15)12-17)20(24)22-14(2)16-6-5-9-21-13-16/h5-9,11-14,23H,3-4,10H2,1-2H3,(H,22,24). The third-order valence-corrected chi connectivity index (χ3v) is 4.14. The molecule has 0 aliphatic carbocycles. The van der Waals surface area contributed by atoms with Gasteiger partial charge in [0.05, 0.1) is 12.6 Å². The predicted octanol–water partition coefficient (Wildman–Crippen LogP) is 4.23. The van der Waals surface area contributed by atoms with Gasteiger partial charge in [0.15, 0.2) is 0 Å². The van der Waals surface area contributed by atoms with E-state index in [9.17, 15) is 4.79 Å². The summed E-state index contributed by atoms with van der Waals surface area (Å²) in [6, 6.07) is 11.4. The Labute approximate surface area is 147 Å². The summed E-state index contributed by atoms with van der Waals surface area (Å²) in [6.45, 7) is 4.78. The molecule has 0 saturated heterocycles. The van der Waals surface area contributed by atoms with Gasteiger partial charge in [-0.2, -0.15) is 0 Å². The first-order chi connectivity index (χ1) is 12.2.